The summed E-state index contributed by atoms with van der Waals surface area (Å²) in [6, 6.07) is 0. The van der Waals surface area contributed by atoms with Gasteiger partial charge in [0.1, 0.15) is 5.78 Å². The zero-order valence-electron chi connectivity index (χ0n) is 14.9. The van der Waals surface area contributed by atoms with E-state index in [1.807, 2.05) is 21.6 Å². The summed E-state index contributed by atoms with van der Waals surface area (Å²) in [4.78, 5) is 12.5. The van der Waals surface area contributed by atoms with E-state index in [0.29, 0.717) is 17.1 Å². The maximum absolute atomic E-state index is 12.5. The van der Waals surface area contributed by atoms with Crippen LogP contribution in [0.2, 0.25) is 0 Å². The third-order valence-corrected chi connectivity index (χ3v) is 9.89. The second kappa shape index (κ2) is 6.35. The minimum atomic E-state index is -0.231. The summed E-state index contributed by atoms with van der Waals surface area (Å²) in [6.45, 7) is 2.27. The van der Waals surface area contributed by atoms with Crippen LogP contribution in [0.3, 0.4) is 0 Å². The van der Waals surface area contributed by atoms with E-state index in [2.05, 4.69) is 19.3 Å². The van der Waals surface area contributed by atoms with Gasteiger partial charge in [0.15, 0.2) is 0 Å². The molecule has 6 atom stereocenters. The molecule has 0 aromatic carbocycles. The molecule has 4 aliphatic carbocycles. The first-order valence-electron chi connectivity index (χ1n) is 9.59. The first kappa shape index (κ1) is 17.5. The lowest BCUT2D eigenvalue weighted by Crippen LogP contribution is -2.52. The number of hydrogen-bond acceptors (Lipinski definition) is 4. The normalized spacial score (nSPS) is 47.6. The van der Waals surface area contributed by atoms with Gasteiger partial charge in [-0.2, -0.15) is 0 Å². The van der Waals surface area contributed by atoms with Crippen molar-refractivity contribution in [2.45, 2.75) is 64.4 Å². The third kappa shape index (κ3) is 2.46. The van der Waals surface area contributed by atoms with Crippen molar-refractivity contribution >= 4 is 27.4 Å². The predicted octanol–water partition coefficient (Wildman–Crippen LogP) is 4.87. The Morgan fingerprint density at radius 3 is 2.79 bits per heavy atom. The van der Waals surface area contributed by atoms with Crippen LogP contribution in [0.5, 0.6) is 0 Å². The molecule has 134 valence electrons. The van der Waals surface area contributed by atoms with Gasteiger partial charge in [0.05, 0.1) is 6.10 Å². The van der Waals surface area contributed by atoms with Crippen LogP contribution in [0.4, 0.5) is 0 Å². The molecular weight excluding hydrogens is 336 g/mol. The monoisotopic (exact) mass is 366 g/mol. The van der Waals surface area contributed by atoms with Crippen LogP contribution < -0.4 is 0 Å². The van der Waals surface area contributed by atoms with Gasteiger partial charge in [-0.05, 0) is 69.0 Å². The van der Waals surface area contributed by atoms with Crippen LogP contribution in [-0.2, 0) is 4.79 Å². The van der Waals surface area contributed by atoms with E-state index in [1.54, 1.807) is 5.57 Å². The average Bonchev–Trinajstić information content (AvgIpc) is 2.88. The van der Waals surface area contributed by atoms with E-state index in [-0.39, 0.29) is 11.5 Å². The van der Waals surface area contributed by atoms with E-state index in [0.717, 1.165) is 50.4 Å². The van der Waals surface area contributed by atoms with Crippen LogP contribution >= 0.6 is 21.6 Å². The van der Waals surface area contributed by atoms with E-state index in [1.165, 1.54) is 18.6 Å². The van der Waals surface area contributed by atoms with Gasteiger partial charge in [-0.15, -0.1) is 0 Å². The molecule has 3 fully saturated rings. The van der Waals surface area contributed by atoms with Crippen molar-refractivity contribution < 1.29 is 9.90 Å². The zero-order chi connectivity index (χ0) is 16.9. The molecule has 0 saturated heterocycles. The Kier molecular flexibility index (Phi) is 4.62. The number of carbonyl (C=O) groups is 1. The molecule has 0 amide bonds. The van der Waals surface area contributed by atoms with Crippen LogP contribution in [-0.4, -0.2) is 29.0 Å². The molecule has 0 unspecified atom stereocenters. The molecule has 0 heterocycles. The number of aliphatic hydroxyl groups excluding tert-OH is 1. The zero-order valence-corrected chi connectivity index (χ0v) is 16.6. The number of fused-ring (bicyclic) bond motifs is 5. The lowest BCUT2D eigenvalue weighted by molar-refractivity contribution is -0.132. The molecule has 0 spiro atoms. The van der Waals surface area contributed by atoms with Crippen molar-refractivity contribution in [3.63, 3.8) is 0 Å². The Balaban J connectivity index is 1.69. The summed E-state index contributed by atoms with van der Waals surface area (Å²) in [5.41, 5.74) is 1.82. The van der Waals surface area contributed by atoms with E-state index in [9.17, 15) is 9.90 Å². The SMILES string of the molecule is CSSC[C@]12CC[C@H](O)C=C1CC[C@@H]1[C@@H]2CC[C@]2(C)C(=O)CC[C@@H]12. The molecule has 24 heavy (non-hydrogen) atoms. The van der Waals surface area contributed by atoms with Gasteiger partial charge >= 0.3 is 0 Å². The van der Waals surface area contributed by atoms with Gasteiger partial charge in [-0.3, -0.25) is 4.79 Å². The quantitative estimate of drug-likeness (QED) is 0.571. The second-order valence-electron chi connectivity index (χ2n) is 8.72. The first-order valence-corrected chi connectivity index (χ1v) is 12.3. The molecule has 0 radical (unpaired) electrons. The third-order valence-electron chi connectivity index (χ3n) is 7.96. The van der Waals surface area contributed by atoms with Gasteiger partial charge in [-0.25, -0.2) is 0 Å². The summed E-state index contributed by atoms with van der Waals surface area (Å²) in [7, 11) is 3.88. The highest BCUT2D eigenvalue weighted by Crippen LogP contribution is 2.65. The lowest BCUT2D eigenvalue weighted by atomic mass is 9.47. The molecule has 4 aliphatic rings. The molecule has 2 nitrogen and oxygen atoms in total. The fourth-order valence-electron chi connectivity index (χ4n) is 6.71. The van der Waals surface area contributed by atoms with E-state index >= 15 is 0 Å². The summed E-state index contributed by atoms with van der Waals surface area (Å²) >= 11 is 0. The van der Waals surface area contributed by atoms with Crippen LogP contribution in [0.15, 0.2) is 11.6 Å². The average molecular weight is 367 g/mol. The molecule has 0 bridgehead atoms. The number of carbonyl (C=O) groups excluding carboxylic acids is 1. The van der Waals surface area contributed by atoms with Crippen LogP contribution in [0, 0.1) is 28.6 Å². The molecule has 3 saturated carbocycles. The number of aliphatic hydroxyl groups is 1. The highest BCUT2D eigenvalue weighted by molar-refractivity contribution is 8.76. The summed E-state index contributed by atoms with van der Waals surface area (Å²) in [6.07, 6.45) is 12.9. The van der Waals surface area contributed by atoms with Gasteiger partial charge in [0, 0.05) is 23.0 Å². The predicted molar refractivity (Wildman–Crippen MR) is 103 cm³/mol. The second-order valence-corrected chi connectivity index (χ2v) is 11.3. The standard InChI is InChI=1S/C20H30O2S2/c1-19-9-8-17-15(16(19)5-6-18(19)22)4-3-13-11-14(21)7-10-20(13,17)12-24-23-2/h11,14-17,21H,3-10,12H2,1-2H3/t14-,15-,16-,17-,19-,20+/m0/s1. The Bertz CT molecular complexity index is 560. The highest BCUT2D eigenvalue weighted by Gasteiger charge is 2.59. The highest BCUT2D eigenvalue weighted by atomic mass is 33.1. The molecule has 0 aliphatic heterocycles. The number of allylic oxidation sites excluding steroid dienone is 1. The summed E-state index contributed by atoms with van der Waals surface area (Å²) in [5, 5.41) is 10.2. The number of hydrogen-bond donors (Lipinski definition) is 1. The van der Waals surface area contributed by atoms with Crippen molar-refractivity contribution in [3.8, 4) is 0 Å². The molecule has 0 aromatic rings. The maximum atomic E-state index is 12.5. The topological polar surface area (TPSA) is 37.3 Å². The minimum Gasteiger partial charge on any atom is -0.389 e. The van der Waals surface area contributed by atoms with Crippen LogP contribution in [0.25, 0.3) is 0 Å². The lowest BCUT2D eigenvalue weighted by Gasteiger charge is -2.58. The molecule has 4 heteroatoms. The number of ketones is 1. The minimum absolute atomic E-state index is 0.0234. The molecule has 0 aromatic heterocycles. The Morgan fingerprint density at radius 2 is 2.00 bits per heavy atom. The Hall–Kier alpha value is 0.0700. The van der Waals surface area contributed by atoms with Gasteiger partial charge < -0.3 is 5.11 Å². The van der Waals surface area contributed by atoms with Crippen molar-refractivity contribution in [2.24, 2.45) is 28.6 Å². The summed E-state index contributed by atoms with van der Waals surface area (Å²) < 4.78 is 0. The van der Waals surface area contributed by atoms with Crippen molar-refractivity contribution in [2.75, 3.05) is 12.0 Å². The van der Waals surface area contributed by atoms with E-state index in [4.69, 9.17) is 0 Å². The Labute approximate surface area is 154 Å². The van der Waals surface area contributed by atoms with E-state index < -0.39 is 0 Å². The fraction of sp³-hybridized carbons (Fsp3) is 0.850. The van der Waals surface area contributed by atoms with Crippen molar-refractivity contribution in [1.82, 2.24) is 0 Å². The van der Waals surface area contributed by atoms with Gasteiger partial charge in [-0.1, -0.05) is 40.2 Å². The van der Waals surface area contributed by atoms with Crippen LogP contribution in [0.1, 0.15) is 58.3 Å². The molecule has 1 N–H and O–H groups in total. The number of rotatable bonds is 3. The smallest absolute Gasteiger partial charge is 0.139 e. The first-order chi connectivity index (χ1) is 11.5. The molecule has 4 rings (SSSR count). The fourth-order valence-corrected chi connectivity index (χ4v) is 8.57. The van der Waals surface area contributed by atoms with Crippen molar-refractivity contribution in [1.29, 1.82) is 0 Å². The molecular formula is C20H30O2S2. The maximum Gasteiger partial charge on any atom is 0.139 e. The number of Topliss-reactive ketones (excluding diaryl/α,β-unsaturated/α-hetero) is 1. The van der Waals surface area contributed by atoms with Gasteiger partial charge in [0.25, 0.3) is 0 Å². The van der Waals surface area contributed by atoms with Crippen molar-refractivity contribution in [3.05, 3.63) is 11.6 Å². The summed E-state index contributed by atoms with van der Waals surface area (Å²) in [5.74, 6) is 3.80. The largest absolute Gasteiger partial charge is 0.389 e. The Morgan fingerprint density at radius 1 is 1.17 bits per heavy atom. The van der Waals surface area contributed by atoms with Gasteiger partial charge in [0.2, 0.25) is 0 Å².